The summed E-state index contributed by atoms with van der Waals surface area (Å²) in [5.41, 5.74) is 0.783. The normalized spacial score (nSPS) is 25.6. The average molecular weight is 345 g/mol. The van der Waals surface area contributed by atoms with E-state index in [2.05, 4.69) is 22.9 Å². The Morgan fingerprint density at radius 3 is 2.45 bits per heavy atom. The summed E-state index contributed by atoms with van der Waals surface area (Å²) >= 11 is 3.36. The fraction of sp³-hybridized carbons (Fsp3) is 0.647. The molecule has 0 N–H and O–H groups in total. The van der Waals surface area contributed by atoms with Gasteiger partial charge in [-0.25, -0.2) is 8.78 Å². The smallest absolute Gasteiger partial charge is 0.206 e. The SMILES string of the molecule is CCCCC[C@@H]1CC[C@@H](c2ccc(Br)cc2)C(F)(F)C1. The maximum atomic E-state index is 14.4. The summed E-state index contributed by atoms with van der Waals surface area (Å²) in [5.74, 6) is -2.94. The number of alkyl halides is 2. The predicted octanol–water partition coefficient (Wildman–Crippen LogP) is 6.55. The highest BCUT2D eigenvalue weighted by Gasteiger charge is 2.45. The van der Waals surface area contributed by atoms with Gasteiger partial charge in [-0.2, -0.15) is 0 Å². The number of hydrogen-bond acceptors (Lipinski definition) is 0. The number of unbranched alkanes of at least 4 members (excludes halogenated alkanes) is 2. The molecule has 1 aromatic rings. The second-order valence-corrected chi connectivity index (χ2v) is 6.92. The molecule has 0 radical (unpaired) electrons. The first kappa shape index (κ1) is 15.9. The minimum atomic E-state index is -2.55. The van der Waals surface area contributed by atoms with Crippen LogP contribution in [0.15, 0.2) is 28.7 Å². The molecule has 1 aliphatic carbocycles. The number of halogens is 3. The Hall–Kier alpha value is -0.440. The third kappa shape index (κ3) is 4.03. The van der Waals surface area contributed by atoms with E-state index in [9.17, 15) is 8.78 Å². The van der Waals surface area contributed by atoms with Crippen LogP contribution in [-0.4, -0.2) is 5.92 Å². The molecule has 112 valence electrons. The zero-order valence-corrected chi connectivity index (χ0v) is 13.6. The molecule has 1 fully saturated rings. The van der Waals surface area contributed by atoms with Crippen LogP contribution in [0.3, 0.4) is 0 Å². The van der Waals surface area contributed by atoms with E-state index in [1.165, 1.54) is 0 Å². The Morgan fingerprint density at radius 1 is 1.15 bits per heavy atom. The van der Waals surface area contributed by atoms with Crippen LogP contribution in [0.2, 0.25) is 0 Å². The van der Waals surface area contributed by atoms with Gasteiger partial charge >= 0.3 is 0 Å². The number of hydrogen-bond donors (Lipinski definition) is 0. The topological polar surface area (TPSA) is 0 Å². The van der Waals surface area contributed by atoms with Crippen molar-refractivity contribution in [3.8, 4) is 0 Å². The molecule has 0 spiro atoms. The van der Waals surface area contributed by atoms with Gasteiger partial charge in [-0.15, -0.1) is 0 Å². The third-order valence-corrected chi connectivity index (χ3v) is 4.95. The van der Waals surface area contributed by atoms with Crippen molar-refractivity contribution in [2.45, 2.75) is 63.7 Å². The van der Waals surface area contributed by atoms with Gasteiger partial charge in [-0.1, -0.05) is 60.7 Å². The molecule has 0 amide bonds. The molecule has 0 unspecified atom stereocenters. The van der Waals surface area contributed by atoms with Crippen LogP contribution in [0.1, 0.15) is 63.4 Å². The van der Waals surface area contributed by atoms with Gasteiger partial charge in [0.15, 0.2) is 0 Å². The lowest BCUT2D eigenvalue weighted by Gasteiger charge is -2.36. The minimum Gasteiger partial charge on any atom is -0.206 e. The minimum absolute atomic E-state index is 0.0669. The maximum Gasteiger partial charge on any atom is 0.255 e. The fourth-order valence-corrected chi connectivity index (χ4v) is 3.54. The van der Waals surface area contributed by atoms with Gasteiger partial charge in [0.1, 0.15) is 0 Å². The van der Waals surface area contributed by atoms with Crippen LogP contribution in [-0.2, 0) is 0 Å². The van der Waals surface area contributed by atoms with Crippen molar-refractivity contribution in [1.29, 1.82) is 0 Å². The van der Waals surface area contributed by atoms with Crippen molar-refractivity contribution < 1.29 is 8.78 Å². The molecule has 0 saturated heterocycles. The Balaban J connectivity index is 1.98. The van der Waals surface area contributed by atoms with E-state index in [4.69, 9.17) is 0 Å². The van der Waals surface area contributed by atoms with Crippen molar-refractivity contribution in [3.05, 3.63) is 34.3 Å². The molecule has 1 aromatic carbocycles. The summed E-state index contributed by atoms with van der Waals surface area (Å²) in [5, 5.41) is 0. The van der Waals surface area contributed by atoms with Gasteiger partial charge in [0.2, 0.25) is 0 Å². The summed E-state index contributed by atoms with van der Waals surface area (Å²) in [7, 11) is 0. The van der Waals surface area contributed by atoms with Crippen molar-refractivity contribution in [3.63, 3.8) is 0 Å². The largest absolute Gasteiger partial charge is 0.255 e. The Kier molecular flexibility index (Phi) is 5.59. The van der Waals surface area contributed by atoms with E-state index in [0.29, 0.717) is 6.42 Å². The standard InChI is InChI=1S/C17H23BrF2/c1-2-3-4-5-13-6-11-16(17(19,20)12-13)14-7-9-15(18)10-8-14/h7-10,13,16H,2-6,11-12H2,1H3/t13-,16+/m1/s1. The molecular weight excluding hydrogens is 322 g/mol. The van der Waals surface area contributed by atoms with E-state index < -0.39 is 11.8 Å². The van der Waals surface area contributed by atoms with Crippen LogP contribution in [0.25, 0.3) is 0 Å². The number of rotatable bonds is 5. The second kappa shape index (κ2) is 7.02. The van der Waals surface area contributed by atoms with E-state index in [1.807, 2.05) is 24.3 Å². The Morgan fingerprint density at radius 2 is 1.85 bits per heavy atom. The second-order valence-electron chi connectivity index (χ2n) is 6.01. The summed E-state index contributed by atoms with van der Waals surface area (Å²) < 4.78 is 29.7. The predicted molar refractivity (Wildman–Crippen MR) is 83.3 cm³/mol. The molecule has 2 atom stereocenters. The summed E-state index contributed by atoms with van der Waals surface area (Å²) in [6.45, 7) is 2.15. The molecule has 0 bridgehead atoms. The third-order valence-electron chi connectivity index (χ3n) is 4.42. The molecular formula is C17H23BrF2. The van der Waals surface area contributed by atoms with Crippen molar-refractivity contribution in [1.82, 2.24) is 0 Å². The maximum absolute atomic E-state index is 14.4. The molecule has 0 heterocycles. The molecule has 1 aliphatic rings. The summed E-state index contributed by atoms with van der Waals surface area (Å²) in [6, 6.07) is 7.39. The fourth-order valence-electron chi connectivity index (χ4n) is 3.28. The molecule has 0 aromatic heterocycles. The highest BCUT2D eigenvalue weighted by atomic mass is 79.9. The van der Waals surface area contributed by atoms with Gasteiger partial charge in [-0.05, 0) is 36.5 Å². The molecule has 0 aliphatic heterocycles. The van der Waals surface area contributed by atoms with Crippen molar-refractivity contribution in [2.24, 2.45) is 5.92 Å². The Labute approximate surface area is 129 Å². The van der Waals surface area contributed by atoms with Gasteiger partial charge in [-0.3, -0.25) is 0 Å². The number of benzene rings is 1. The lowest BCUT2D eigenvalue weighted by Crippen LogP contribution is -2.34. The van der Waals surface area contributed by atoms with Gasteiger partial charge in [0, 0.05) is 16.8 Å². The van der Waals surface area contributed by atoms with Gasteiger partial charge < -0.3 is 0 Å². The van der Waals surface area contributed by atoms with E-state index in [1.54, 1.807) is 0 Å². The van der Waals surface area contributed by atoms with E-state index in [0.717, 1.165) is 42.1 Å². The summed E-state index contributed by atoms with van der Waals surface area (Å²) in [6.07, 6.45) is 6.02. The first-order valence-corrected chi connectivity index (χ1v) is 8.45. The quantitative estimate of drug-likeness (QED) is 0.531. The van der Waals surface area contributed by atoms with Crippen molar-refractivity contribution >= 4 is 15.9 Å². The highest BCUT2D eigenvalue weighted by molar-refractivity contribution is 9.10. The Bertz CT molecular complexity index is 414. The lowest BCUT2D eigenvalue weighted by atomic mass is 9.74. The molecule has 20 heavy (non-hydrogen) atoms. The van der Waals surface area contributed by atoms with Crippen LogP contribution in [0, 0.1) is 5.92 Å². The first-order valence-electron chi connectivity index (χ1n) is 7.66. The molecule has 0 nitrogen and oxygen atoms in total. The zero-order valence-electron chi connectivity index (χ0n) is 12.0. The first-order chi connectivity index (χ1) is 9.53. The van der Waals surface area contributed by atoms with Crippen LogP contribution in [0.4, 0.5) is 8.78 Å². The van der Waals surface area contributed by atoms with E-state index >= 15 is 0 Å². The molecule has 3 heteroatoms. The lowest BCUT2D eigenvalue weighted by molar-refractivity contribution is -0.0737. The molecule has 2 rings (SSSR count). The monoisotopic (exact) mass is 344 g/mol. The van der Waals surface area contributed by atoms with Gasteiger partial charge in [0.05, 0.1) is 0 Å². The van der Waals surface area contributed by atoms with Crippen LogP contribution < -0.4 is 0 Å². The zero-order chi connectivity index (χ0) is 14.6. The highest BCUT2D eigenvalue weighted by Crippen LogP contribution is 2.48. The van der Waals surface area contributed by atoms with Crippen LogP contribution in [0.5, 0.6) is 0 Å². The van der Waals surface area contributed by atoms with E-state index in [-0.39, 0.29) is 12.3 Å². The average Bonchev–Trinajstić information content (AvgIpc) is 2.40. The van der Waals surface area contributed by atoms with Crippen molar-refractivity contribution in [2.75, 3.05) is 0 Å². The summed E-state index contributed by atoms with van der Waals surface area (Å²) in [4.78, 5) is 0. The van der Waals surface area contributed by atoms with Crippen LogP contribution >= 0.6 is 15.9 Å². The van der Waals surface area contributed by atoms with Gasteiger partial charge in [0.25, 0.3) is 5.92 Å². The molecule has 1 saturated carbocycles.